The van der Waals surface area contributed by atoms with E-state index in [0.717, 1.165) is 10.2 Å². The topological polar surface area (TPSA) is 84.6 Å². The number of piperazine rings is 1. The molecule has 3 aromatic rings. The first-order valence-electron chi connectivity index (χ1n) is 9.19. The van der Waals surface area contributed by atoms with Gasteiger partial charge in [0.25, 0.3) is 0 Å². The molecule has 8 nitrogen and oxygen atoms in total. The van der Waals surface area contributed by atoms with Crippen LogP contribution in [0.3, 0.4) is 0 Å². The summed E-state index contributed by atoms with van der Waals surface area (Å²) in [6, 6.07) is 13.2. The number of anilines is 2. The molecular formula is C20H17BrFN5O3. The first-order valence-corrected chi connectivity index (χ1v) is 9.99. The number of ether oxygens (including phenoxy) is 1. The number of benzene rings is 2. The maximum absolute atomic E-state index is 13.2. The van der Waals surface area contributed by atoms with E-state index in [1.165, 1.54) is 18.5 Å². The van der Waals surface area contributed by atoms with Crippen LogP contribution in [-0.2, 0) is 0 Å². The van der Waals surface area contributed by atoms with Gasteiger partial charge in [-0.15, -0.1) is 0 Å². The molecule has 154 valence electrons. The Kier molecular flexibility index (Phi) is 5.75. The van der Waals surface area contributed by atoms with Crippen LogP contribution in [0.25, 0.3) is 0 Å². The van der Waals surface area contributed by atoms with Gasteiger partial charge in [-0.05, 0) is 48.5 Å². The molecule has 30 heavy (non-hydrogen) atoms. The summed E-state index contributed by atoms with van der Waals surface area (Å²) in [5, 5.41) is 11.8. The summed E-state index contributed by atoms with van der Waals surface area (Å²) in [4.78, 5) is 23.4. The van der Waals surface area contributed by atoms with Gasteiger partial charge in [-0.3, -0.25) is 10.1 Å². The molecule has 1 aromatic heterocycles. The lowest BCUT2D eigenvalue weighted by Gasteiger charge is -2.36. The molecule has 1 aliphatic rings. The zero-order valence-corrected chi connectivity index (χ0v) is 17.3. The minimum absolute atomic E-state index is 0.103. The third-order valence-corrected chi connectivity index (χ3v) is 5.28. The van der Waals surface area contributed by atoms with Crippen molar-refractivity contribution in [2.75, 3.05) is 36.0 Å². The lowest BCUT2D eigenvalue weighted by molar-refractivity contribution is -0.385. The van der Waals surface area contributed by atoms with Crippen molar-refractivity contribution in [2.45, 2.75) is 0 Å². The minimum atomic E-state index is -0.518. The number of halogens is 2. The van der Waals surface area contributed by atoms with Crippen LogP contribution in [0.5, 0.6) is 11.6 Å². The number of hydrogen-bond donors (Lipinski definition) is 0. The summed E-state index contributed by atoms with van der Waals surface area (Å²) in [6.07, 6.45) is 1.27. The van der Waals surface area contributed by atoms with E-state index in [9.17, 15) is 14.5 Å². The molecule has 0 atom stereocenters. The standard InChI is InChI=1S/C20H17BrFN5O3/c21-14-1-7-17(8-2-14)30-20-18(27(28)29)19(23-13-24-20)26-11-9-25(10-12-26)16-5-3-15(22)4-6-16/h1-8,13H,9-12H2. The van der Waals surface area contributed by atoms with E-state index in [0.29, 0.717) is 31.9 Å². The average molecular weight is 474 g/mol. The van der Waals surface area contributed by atoms with E-state index < -0.39 is 4.92 Å². The zero-order valence-electron chi connectivity index (χ0n) is 15.7. The second-order valence-electron chi connectivity index (χ2n) is 6.61. The van der Waals surface area contributed by atoms with Crippen LogP contribution in [-0.4, -0.2) is 41.1 Å². The highest BCUT2D eigenvalue weighted by molar-refractivity contribution is 9.10. The predicted octanol–water partition coefficient (Wildman–Crippen LogP) is 4.41. The first-order chi connectivity index (χ1) is 14.5. The highest BCUT2D eigenvalue weighted by Gasteiger charge is 2.30. The maximum Gasteiger partial charge on any atom is 0.373 e. The highest BCUT2D eigenvalue weighted by Crippen LogP contribution is 2.36. The minimum Gasteiger partial charge on any atom is -0.434 e. The number of rotatable bonds is 5. The average Bonchev–Trinajstić information content (AvgIpc) is 2.76. The second-order valence-corrected chi connectivity index (χ2v) is 7.53. The van der Waals surface area contributed by atoms with Crippen LogP contribution < -0.4 is 14.5 Å². The van der Waals surface area contributed by atoms with Gasteiger partial charge >= 0.3 is 11.6 Å². The van der Waals surface area contributed by atoms with Crippen LogP contribution in [0.1, 0.15) is 0 Å². The summed E-state index contributed by atoms with van der Waals surface area (Å²) in [6.45, 7) is 2.28. The zero-order chi connectivity index (χ0) is 21.1. The Morgan fingerprint density at radius 2 is 1.60 bits per heavy atom. The summed E-state index contributed by atoms with van der Waals surface area (Å²) < 4.78 is 19.7. The van der Waals surface area contributed by atoms with Gasteiger partial charge in [0.15, 0.2) is 0 Å². The van der Waals surface area contributed by atoms with Gasteiger partial charge in [-0.1, -0.05) is 15.9 Å². The molecule has 4 rings (SSSR count). The normalized spacial score (nSPS) is 13.9. The fourth-order valence-electron chi connectivity index (χ4n) is 3.26. The lowest BCUT2D eigenvalue weighted by atomic mass is 10.2. The third kappa shape index (κ3) is 4.33. The molecule has 0 spiro atoms. The maximum atomic E-state index is 13.2. The van der Waals surface area contributed by atoms with Crippen molar-refractivity contribution in [3.05, 3.63) is 75.3 Å². The second kappa shape index (κ2) is 8.62. The molecular weight excluding hydrogens is 457 g/mol. The van der Waals surface area contributed by atoms with Gasteiger partial charge in [-0.25, -0.2) is 9.37 Å². The summed E-state index contributed by atoms with van der Waals surface area (Å²) in [5.74, 6) is 0.272. The van der Waals surface area contributed by atoms with Crippen molar-refractivity contribution in [3.63, 3.8) is 0 Å². The molecule has 2 aromatic carbocycles. The van der Waals surface area contributed by atoms with Crippen molar-refractivity contribution in [1.82, 2.24) is 9.97 Å². The summed E-state index contributed by atoms with van der Waals surface area (Å²) >= 11 is 3.34. The molecule has 10 heteroatoms. The largest absolute Gasteiger partial charge is 0.434 e. The van der Waals surface area contributed by atoms with E-state index in [4.69, 9.17) is 4.74 Å². The Morgan fingerprint density at radius 3 is 2.23 bits per heavy atom. The smallest absolute Gasteiger partial charge is 0.373 e. The van der Waals surface area contributed by atoms with E-state index >= 15 is 0 Å². The van der Waals surface area contributed by atoms with Crippen molar-refractivity contribution in [3.8, 4) is 11.6 Å². The van der Waals surface area contributed by atoms with Crippen molar-refractivity contribution in [2.24, 2.45) is 0 Å². The molecule has 0 N–H and O–H groups in total. The summed E-state index contributed by atoms with van der Waals surface area (Å²) in [5.41, 5.74) is 0.642. The fraction of sp³-hybridized carbons (Fsp3) is 0.200. The number of nitrogens with zero attached hydrogens (tertiary/aromatic N) is 5. The van der Waals surface area contributed by atoms with Gasteiger partial charge in [0.1, 0.15) is 17.9 Å². The molecule has 0 saturated carbocycles. The molecule has 0 amide bonds. The number of aromatic nitrogens is 2. The molecule has 2 heterocycles. The van der Waals surface area contributed by atoms with Crippen molar-refractivity contribution in [1.29, 1.82) is 0 Å². The van der Waals surface area contributed by atoms with E-state index in [2.05, 4.69) is 30.8 Å². The SMILES string of the molecule is O=[N+]([O-])c1c(Oc2ccc(Br)cc2)ncnc1N1CCN(c2ccc(F)cc2)CC1. The van der Waals surface area contributed by atoms with Crippen LogP contribution in [0, 0.1) is 15.9 Å². The quantitative estimate of drug-likeness (QED) is 0.400. The lowest BCUT2D eigenvalue weighted by Crippen LogP contribution is -2.47. The van der Waals surface area contributed by atoms with Crippen molar-refractivity contribution >= 4 is 33.1 Å². The molecule has 1 saturated heterocycles. The van der Waals surface area contributed by atoms with Gasteiger partial charge in [0, 0.05) is 36.3 Å². The Labute approximate surface area is 180 Å². The van der Waals surface area contributed by atoms with E-state index in [1.807, 2.05) is 4.90 Å². The number of nitro groups is 1. The molecule has 1 fully saturated rings. The Bertz CT molecular complexity index is 1040. The van der Waals surface area contributed by atoms with Gasteiger partial charge in [-0.2, -0.15) is 4.98 Å². The predicted molar refractivity (Wildman–Crippen MR) is 114 cm³/mol. The van der Waals surface area contributed by atoms with Crippen LogP contribution in [0.2, 0.25) is 0 Å². The monoisotopic (exact) mass is 473 g/mol. The Balaban J connectivity index is 1.54. The summed E-state index contributed by atoms with van der Waals surface area (Å²) in [7, 11) is 0. The van der Waals surface area contributed by atoms with Gasteiger partial charge < -0.3 is 14.5 Å². The highest BCUT2D eigenvalue weighted by atomic mass is 79.9. The number of hydrogen-bond acceptors (Lipinski definition) is 7. The van der Waals surface area contributed by atoms with E-state index in [-0.39, 0.29) is 23.2 Å². The van der Waals surface area contributed by atoms with Crippen molar-refractivity contribution < 1.29 is 14.1 Å². The van der Waals surface area contributed by atoms with Crippen LogP contribution in [0.4, 0.5) is 21.6 Å². The first kappa shape index (κ1) is 20.0. The third-order valence-electron chi connectivity index (χ3n) is 4.75. The molecule has 0 radical (unpaired) electrons. The molecule has 1 aliphatic heterocycles. The van der Waals surface area contributed by atoms with Gasteiger partial charge in [0.2, 0.25) is 5.82 Å². The van der Waals surface area contributed by atoms with Crippen LogP contribution >= 0.6 is 15.9 Å². The Morgan fingerprint density at radius 1 is 0.967 bits per heavy atom. The van der Waals surface area contributed by atoms with E-state index in [1.54, 1.807) is 36.4 Å². The molecule has 0 aliphatic carbocycles. The fourth-order valence-corrected chi connectivity index (χ4v) is 3.53. The van der Waals surface area contributed by atoms with Crippen LogP contribution in [0.15, 0.2) is 59.3 Å². The Hall–Kier alpha value is -3.27. The van der Waals surface area contributed by atoms with Gasteiger partial charge in [0.05, 0.1) is 4.92 Å². The molecule has 0 unspecified atom stereocenters. The molecule has 0 bridgehead atoms.